The SMILES string of the molecule is CCCCCCCCCCC.Cc1ccc(O)cc1. The predicted molar refractivity (Wildman–Crippen MR) is 85.7 cm³/mol. The van der Waals surface area contributed by atoms with Crippen LogP contribution in [0.3, 0.4) is 0 Å². The molecule has 1 heteroatoms. The van der Waals surface area contributed by atoms with E-state index >= 15 is 0 Å². The van der Waals surface area contributed by atoms with Crippen LogP contribution in [0.4, 0.5) is 0 Å². The molecule has 0 radical (unpaired) electrons. The van der Waals surface area contributed by atoms with Gasteiger partial charge in [-0.15, -0.1) is 0 Å². The Balaban J connectivity index is 0.000000356. The smallest absolute Gasteiger partial charge is 0.115 e. The highest BCUT2D eigenvalue weighted by Gasteiger charge is 1.89. The largest absolute Gasteiger partial charge is 0.508 e. The quantitative estimate of drug-likeness (QED) is 0.551. The number of phenols is 1. The van der Waals surface area contributed by atoms with Crippen molar-refractivity contribution in [3.05, 3.63) is 29.8 Å². The van der Waals surface area contributed by atoms with Crippen molar-refractivity contribution in [2.45, 2.75) is 78.6 Å². The summed E-state index contributed by atoms with van der Waals surface area (Å²) in [5.74, 6) is 0.329. The zero-order chi connectivity index (χ0) is 14.3. The van der Waals surface area contributed by atoms with Crippen LogP contribution in [-0.4, -0.2) is 5.11 Å². The van der Waals surface area contributed by atoms with Crippen molar-refractivity contribution in [3.63, 3.8) is 0 Å². The zero-order valence-corrected chi connectivity index (χ0v) is 13.1. The van der Waals surface area contributed by atoms with Crippen LogP contribution < -0.4 is 0 Å². The topological polar surface area (TPSA) is 20.2 Å². The third kappa shape index (κ3) is 13.3. The van der Waals surface area contributed by atoms with Gasteiger partial charge in [-0.1, -0.05) is 89.3 Å². The van der Waals surface area contributed by atoms with Crippen LogP contribution in [0.5, 0.6) is 5.75 Å². The normalized spacial score (nSPS) is 9.84. The van der Waals surface area contributed by atoms with Crippen LogP contribution in [0.1, 0.15) is 77.2 Å². The summed E-state index contributed by atoms with van der Waals surface area (Å²) in [5, 5.41) is 8.76. The van der Waals surface area contributed by atoms with Crippen LogP contribution in [-0.2, 0) is 0 Å². The first-order valence-electron chi connectivity index (χ1n) is 7.96. The zero-order valence-electron chi connectivity index (χ0n) is 13.1. The van der Waals surface area contributed by atoms with Gasteiger partial charge in [0.2, 0.25) is 0 Å². The van der Waals surface area contributed by atoms with Crippen molar-refractivity contribution in [3.8, 4) is 5.75 Å². The maximum absolute atomic E-state index is 8.76. The van der Waals surface area contributed by atoms with Crippen LogP contribution >= 0.6 is 0 Å². The Hall–Kier alpha value is -0.980. The van der Waals surface area contributed by atoms with Crippen molar-refractivity contribution in [2.75, 3.05) is 0 Å². The number of aryl methyl sites for hydroxylation is 1. The van der Waals surface area contributed by atoms with Crippen molar-refractivity contribution in [1.29, 1.82) is 0 Å². The summed E-state index contributed by atoms with van der Waals surface area (Å²) in [7, 11) is 0. The molecule has 0 unspecified atom stereocenters. The Kier molecular flexibility index (Phi) is 12.8. The number of benzene rings is 1. The van der Waals surface area contributed by atoms with E-state index < -0.39 is 0 Å². The van der Waals surface area contributed by atoms with E-state index in [1.807, 2.05) is 19.1 Å². The third-order valence-electron chi connectivity index (χ3n) is 3.24. The molecule has 1 N–H and O–H groups in total. The molecule has 1 aromatic carbocycles. The summed E-state index contributed by atoms with van der Waals surface area (Å²) in [6, 6.07) is 7.09. The molecule has 0 atom stereocenters. The summed E-state index contributed by atoms with van der Waals surface area (Å²) in [4.78, 5) is 0. The highest BCUT2D eigenvalue weighted by atomic mass is 16.3. The molecular formula is C18H32O. The Labute approximate surface area is 120 Å². The van der Waals surface area contributed by atoms with E-state index in [0.717, 1.165) is 0 Å². The molecular weight excluding hydrogens is 232 g/mol. The standard InChI is InChI=1S/C11H24.C7H8O/c1-3-5-7-9-11-10-8-6-4-2;1-6-2-4-7(8)5-3-6/h3-11H2,1-2H3;2-5,8H,1H3. The van der Waals surface area contributed by atoms with E-state index in [4.69, 9.17) is 5.11 Å². The second kappa shape index (κ2) is 13.5. The monoisotopic (exact) mass is 264 g/mol. The van der Waals surface area contributed by atoms with Gasteiger partial charge < -0.3 is 5.11 Å². The van der Waals surface area contributed by atoms with E-state index in [0.29, 0.717) is 5.75 Å². The van der Waals surface area contributed by atoms with E-state index in [1.54, 1.807) is 12.1 Å². The van der Waals surface area contributed by atoms with E-state index in [2.05, 4.69) is 13.8 Å². The van der Waals surface area contributed by atoms with Gasteiger partial charge in [0.15, 0.2) is 0 Å². The molecule has 0 bridgehead atoms. The molecule has 1 aromatic rings. The average Bonchev–Trinajstić information content (AvgIpc) is 2.42. The minimum atomic E-state index is 0.329. The number of hydrogen-bond acceptors (Lipinski definition) is 1. The molecule has 19 heavy (non-hydrogen) atoms. The highest BCUT2D eigenvalue weighted by molar-refractivity contribution is 5.24. The van der Waals surface area contributed by atoms with Crippen molar-refractivity contribution >= 4 is 0 Å². The Bertz CT molecular complexity index is 247. The van der Waals surface area contributed by atoms with Gasteiger partial charge in [0.25, 0.3) is 0 Å². The lowest BCUT2D eigenvalue weighted by Crippen LogP contribution is -1.79. The van der Waals surface area contributed by atoms with E-state index in [1.165, 1.54) is 63.4 Å². The molecule has 0 aliphatic heterocycles. The average molecular weight is 264 g/mol. The molecule has 1 nitrogen and oxygen atoms in total. The Morgan fingerprint density at radius 2 is 1.05 bits per heavy atom. The second-order valence-electron chi connectivity index (χ2n) is 5.31. The molecule has 0 saturated carbocycles. The predicted octanol–water partition coefficient (Wildman–Crippen LogP) is 6.24. The van der Waals surface area contributed by atoms with Crippen molar-refractivity contribution < 1.29 is 5.11 Å². The molecule has 0 aliphatic carbocycles. The summed E-state index contributed by atoms with van der Waals surface area (Å²) < 4.78 is 0. The van der Waals surface area contributed by atoms with Gasteiger partial charge in [0.05, 0.1) is 0 Å². The molecule has 0 spiro atoms. The van der Waals surface area contributed by atoms with Gasteiger partial charge in [0.1, 0.15) is 5.75 Å². The molecule has 0 heterocycles. The third-order valence-corrected chi connectivity index (χ3v) is 3.24. The number of unbranched alkanes of at least 4 members (excludes halogenated alkanes) is 8. The fourth-order valence-corrected chi connectivity index (χ4v) is 1.93. The lowest BCUT2D eigenvalue weighted by Gasteiger charge is -1.98. The van der Waals surface area contributed by atoms with Crippen LogP contribution in [0, 0.1) is 6.92 Å². The van der Waals surface area contributed by atoms with Gasteiger partial charge in [-0.05, 0) is 19.1 Å². The lowest BCUT2D eigenvalue weighted by molar-refractivity contribution is 0.475. The van der Waals surface area contributed by atoms with Gasteiger partial charge in [0, 0.05) is 0 Å². The minimum absolute atomic E-state index is 0.329. The Morgan fingerprint density at radius 3 is 1.37 bits per heavy atom. The molecule has 0 aliphatic rings. The number of rotatable bonds is 8. The van der Waals surface area contributed by atoms with E-state index in [9.17, 15) is 0 Å². The lowest BCUT2D eigenvalue weighted by atomic mass is 10.1. The first-order chi connectivity index (χ1) is 9.20. The Morgan fingerprint density at radius 1 is 0.684 bits per heavy atom. The van der Waals surface area contributed by atoms with E-state index in [-0.39, 0.29) is 0 Å². The molecule has 0 fully saturated rings. The van der Waals surface area contributed by atoms with Gasteiger partial charge in [-0.2, -0.15) is 0 Å². The summed E-state index contributed by atoms with van der Waals surface area (Å²) in [6.45, 7) is 6.54. The fourth-order valence-electron chi connectivity index (χ4n) is 1.93. The number of hydrogen-bond donors (Lipinski definition) is 1. The number of aromatic hydroxyl groups is 1. The number of phenolic OH excluding ortho intramolecular Hbond substituents is 1. The molecule has 110 valence electrons. The van der Waals surface area contributed by atoms with Crippen LogP contribution in [0.15, 0.2) is 24.3 Å². The maximum atomic E-state index is 8.76. The first-order valence-corrected chi connectivity index (χ1v) is 7.96. The molecule has 0 amide bonds. The van der Waals surface area contributed by atoms with Gasteiger partial charge in [-0.3, -0.25) is 0 Å². The van der Waals surface area contributed by atoms with Crippen molar-refractivity contribution in [1.82, 2.24) is 0 Å². The second-order valence-corrected chi connectivity index (χ2v) is 5.31. The summed E-state index contributed by atoms with van der Waals surface area (Å²) >= 11 is 0. The minimum Gasteiger partial charge on any atom is -0.508 e. The summed E-state index contributed by atoms with van der Waals surface area (Å²) in [5.41, 5.74) is 1.17. The van der Waals surface area contributed by atoms with Crippen LogP contribution in [0.2, 0.25) is 0 Å². The fraction of sp³-hybridized carbons (Fsp3) is 0.667. The van der Waals surface area contributed by atoms with Crippen LogP contribution in [0.25, 0.3) is 0 Å². The molecule has 1 rings (SSSR count). The molecule has 0 saturated heterocycles. The first kappa shape index (κ1) is 18.0. The van der Waals surface area contributed by atoms with Gasteiger partial charge in [-0.25, -0.2) is 0 Å². The van der Waals surface area contributed by atoms with Crippen molar-refractivity contribution in [2.24, 2.45) is 0 Å². The highest BCUT2D eigenvalue weighted by Crippen LogP contribution is 2.09. The molecule has 0 aromatic heterocycles. The summed E-state index contributed by atoms with van der Waals surface area (Å²) in [6.07, 6.45) is 13.0. The van der Waals surface area contributed by atoms with Gasteiger partial charge >= 0.3 is 0 Å². The maximum Gasteiger partial charge on any atom is 0.115 e.